The molecule has 2 heterocycles. The van der Waals surface area contributed by atoms with E-state index in [1.807, 2.05) is 31.2 Å². The van der Waals surface area contributed by atoms with E-state index in [2.05, 4.69) is 15.5 Å². The van der Waals surface area contributed by atoms with Crippen molar-refractivity contribution < 1.29 is 14.6 Å². The summed E-state index contributed by atoms with van der Waals surface area (Å²) < 4.78 is 5.40. The van der Waals surface area contributed by atoms with E-state index in [1.165, 1.54) is 0 Å². The van der Waals surface area contributed by atoms with Crippen LogP contribution in [0.25, 0.3) is 10.9 Å². The summed E-state index contributed by atoms with van der Waals surface area (Å²) in [4.78, 5) is 11.4. The smallest absolute Gasteiger partial charge is 0.358 e. The minimum Gasteiger partial charge on any atom is -0.476 e. The van der Waals surface area contributed by atoms with Gasteiger partial charge in [-0.3, -0.25) is 0 Å². The first-order chi connectivity index (χ1) is 10.2. The molecular formula is C15H17N3O3. The zero-order valence-corrected chi connectivity index (χ0v) is 11.7. The molecule has 110 valence electrons. The summed E-state index contributed by atoms with van der Waals surface area (Å²) in [5.41, 5.74) is 1.17. The van der Waals surface area contributed by atoms with Crippen LogP contribution < -0.4 is 5.32 Å². The number of rotatable bonds is 4. The molecule has 0 aliphatic carbocycles. The molecule has 1 saturated heterocycles. The van der Waals surface area contributed by atoms with Crippen LogP contribution in [0.2, 0.25) is 0 Å². The number of anilines is 1. The normalized spacial score (nSPS) is 19.6. The number of aromatic nitrogens is 2. The van der Waals surface area contributed by atoms with Crippen LogP contribution in [0.5, 0.6) is 0 Å². The summed E-state index contributed by atoms with van der Waals surface area (Å²) in [6, 6.07) is 7.51. The van der Waals surface area contributed by atoms with Crippen LogP contribution in [0.3, 0.4) is 0 Å². The molecule has 1 aromatic carbocycles. The number of carboxylic acid groups (broad SMARTS) is 1. The average molecular weight is 287 g/mol. The van der Waals surface area contributed by atoms with E-state index in [9.17, 15) is 9.90 Å². The van der Waals surface area contributed by atoms with Crippen LogP contribution in [-0.2, 0) is 4.74 Å². The first kappa shape index (κ1) is 13.8. The Morgan fingerprint density at radius 3 is 2.95 bits per heavy atom. The summed E-state index contributed by atoms with van der Waals surface area (Å²) in [7, 11) is 0. The molecule has 0 saturated carbocycles. The SMILES string of the molecule is CC(Nc1c(C(=O)O)nnc2ccccc12)C1CCOC1. The second-order valence-corrected chi connectivity index (χ2v) is 5.30. The highest BCUT2D eigenvalue weighted by Crippen LogP contribution is 2.27. The summed E-state index contributed by atoms with van der Waals surface area (Å²) in [5, 5.41) is 21.2. The van der Waals surface area contributed by atoms with Crippen molar-refractivity contribution in [3.8, 4) is 0 Å². The fourth-order valence-electron chi connectivity index (χ4n) is 2.64. The van der Waals surface area contributed by atoms with Gasteiger partial charge in [-0.05, 0) is 19.4 Å². The number of ether oxygens (including phenoxy) is 1. The van der Waals surface area contributed by atoms with E-state index >= 15 is 0 Å². The van der Waals surface area contributed by atoms with Crippen molar-refractivity contribution >= 4 is 22.6 Å². The van der Waals surface area contributed by atoms with Crippen molar-refractivity contribution in [2.45, 2.75) is 19.4 Å². The Morgan fingerprint density at radius 2 is 2.24 bits per heavy atom. The van der Waals surface area contributed by atoms with Gasteiger partial charge in [-0.15, -0.1) is 10.2 Å². The molecule has 2 atom stereocenters. The number of carboxylic acids is 1. The maximum atomic E-state index is 11.4. The highest BCUT2D eigenvalue weighted by molar-refractivity contribution is 6.02. The molecule has 21 heavy (non-hydrogen) atoms. The Morgan fingerprint density at radius 1 is 1.43 bits per heavy atom. The topological polar surface area (TPSA) is 84.3 Å². The molecule has 6 nitrogen and oxygen atoms in total. The fraction of sp³-hybridized carbons (Fsp3) is 0.400. The third-order valence-electron chi connectivity index (χ3n) is 3.91. The first-order valence-electron chi connectivity index (χ1n) is 7.00. The van der Waals surface area contributed by atoms with Gasteiger partial charge in [0.05, 0.1) is 17.8 Å². The fourth-order valence-corrected chi connectivity index (χ4v) is 2.64. The lowest BCUT2D eigenvalue weighted by Gasteiger charge is -2.22. The maximum Gasteiger partial charge on any atom is 0.358 e. The summed E-state index contributed by atoms with van der Waals surface area (Å²) in [6.45, 7) is 3.50. The van der Waals surface area contributed by atoms with Gasteiger partial charge in [-0.2, -0.15) is 0 Å². The minimum absolute atomic E-state index is 0.0422. The number of nitrogens with zero attached hydrogens (tertiary/aromatic N) is 2. The van der Waals surface area contributed by atoms with E-state index in [-0.39, 0.29) is 11.7 Å². The van der Waals surface area contributed by atoms with Crippen LogP contribution in [0.15, 0.2) is 24.3 Å². The van der Waals surface area contributed by atoms with Gasteiger partial charge < -0.3 is 15.2 Å². The average Bonchev–Trinajstić information content (AvgIpc) is 3.01. The highest BCUT2D eigenvalue weighted by atomic mass is 16.5. The lowest BCUT2D eigenvalue weighted by Crippen LogP contribution is -2.27. The van der Waals surface area contributed by atoms with Gasteiger partial charge in [-0.25, -0.2) is 4.79 Å². The molecule has 1 aromatic heterocycles. The van der Waals surface area contributed by atoms with Crippen LogP contribution in [0.4, 0.5) is 5.69 Å². The van der Waals surface area contributed by atoms with E-state index in [0.717, 1.165) is 18.4 Å². The van der Waals surface area contributed by atoms with Crippen LogP contribution in [0.1, 0.15) is 23.8 Å². The molecule has 1 fully saturated rings. The summed E-state index contributed by atoms with van der Waals surface area (Å²) >= 11 is 0. The van der Waals surface area contributed by atoms with E-state index in [0.29, 0.717) is 23.7 Å². The quantitative estimate of drug-likeness (QED) is 0.896. The van der Waals surface area contributed by atoms with Gasteiger partial charge >= 0.3 is 5.97 Å². The zero-order valence-electron chi connectivity index (χ0n) is 11.7. The van der Waals surface area contributed by atoms with Crippen LogP contribution >= 0.6 is 0 Å². The van der Waals surface area contributed by atoms with E-state index in [1.54, 1.807) is 0 Å². The number of hydrogen-bond donors (Lipinski definition) is 2. The van der Waals surface area contributed by atoms with Crippen LogP contribution in [-0.4, -0.2) is 40.5 Å². The van der Waals surface area contributed by atoms with Gasteiger partial charge in [0.15, 0.2) is 5.69 Å². The van der Waals surface area contributed by atoms with Gasteiger partial charge in [0.1, 0.15) is 0 Å². The highest BCUT2D eigenvalue weighted by Gasteiger charge is 2.25. The lowest BCUT2D eigenvalue weighted by atomic mass is 10.00. The van der Waals surface area contributed by atoms with Crippen molar-refractivity contribution in [3.63, 3.8) is 0 Å². The standard InChI is InChI=1S/C15H17N3O3/c1-9(10-6-7-21-8-10)16-13-11-4-2-3-5-12(11)17-18-14(13)15(19)20/h2-5,9-10H,6-8H2,1H3,(H,16,17)(H,19,20). The Balaban J connectivity index is 2.01. The number of benzene rings is 1. The summed E-state index contributed by atoms with van der Waals surface area (Å²) in [5.74, 6) is -0.704. The molecule has 0 radical (unpaired) electrons. The maximum absolute atomic E-state index is 11.4. The second-order valence-electron chi connectivity index (χ2n) is 5.30. The van der Waals surface area contributed by atoms with Crippen molar-refractivity contribution in [1.29, 1.82) is 0 Å². The molecule has 1 aliphatic heterocycles. The predicted octanol–water partition coefficient (Wildman–Crippen LogP) is 2.16. The van der Waals surface area contributed by atoms with Crippen molar-refractivity contribution in [1.82, 2.24) is 10.2 Å². The molecule has 3 rings (SSSR count). The number of nitrogens with one attached hydrogen (secondary N) is 1. The Hall–Kier alpha value is -2.21. The molecule has 6 heteroatoms. The van der Waals surface area contributed by atoms with Crippen molar-refractivity contribution in [2.75, 3.05) is 18.5 Å². The Kier molecular flexibility index (Phi) is 3.70. The number of fused-ring (bicyclic) bond motifs is 1. The third-order valence-corrected chi connectivity index (χ3v) is 3.91. The molecule has 2 N–H and O–H groups in total. The molecule has 0 bridgehead atoms. The number of aromatic carboxylic acids is 1. The molecule has 0 spiro atoms. The largest absolute Gasteiger partial charge is 0.476 e. The number of carbonyl (C=O) groups is 1. The molecule has 2 aromatic rings. The van der Waals surface area contributed by atoms with Gasteiger partial charge in [0.2, 0.25) is 0 Å². The molecular weight excluding hydrogens is 270 g/mol. The third kappa shape index (κ3) is 2.67. The monoisotopic (exact) mass is 287 g/mol. The van der Waals surface area contributed by atoms with Gasteiger partial charge in [0, 0.05) is 24.0 Å². The second kappa shape index (κ2) is 5.65. The summed E-state index contributed by atoms with van der Waals surface area (Å²) in [6.07, 6.45) is 0.979. The van der Waals surface area contributed by atoms with Crippen LogP contribution in [0, 0.1) is 5.92 Å². The molecule has 2 unspecified atom stereocenters. The van der Waals surface area contributed by atoms with Gasteiger partial charge in [0.25, 0.3) is 0 Å². The minimum atomic E-state index is -1.08. The lowest BCUT2D eigenvalue weighted by molar-refractivity contribution is 0.0690. The molecule has 0 amide bonds. The molecule has 1 aliphatic rings. The zero-order chi connectivity index (χ0) is 14.8. The van der Waals surface area contributed by atoms with Crippen molar-refractivity contribution in [3.05, 3.63) is 30.0 Å². The Labute approximate surface area is 122 Å². The van der Waals surface area contributed by atoms with Crippen molar-refractivity contribution in [2.24, 2.45) is 5.92 Å². The van der Waals surface area contributed by atoms with E-state index in [4.69, 9.17) is 4.74 Å². The first-order valence-corrected chi connectivity index (χ1v) is 7.00. The van der Waals surface area contributed by atoms with Gasteiger partial charge in [-0.1, -0.05) is 18.2 Å². The van der Waals surface area contributed by atoms with E-state index < -0.39 is 5.97 Å². The predicted molar refractivity (Wildman–Crippen MR) is 78.5 cm³/mol. The Bertz CT molecular complexity index is 668. The number of hydrogen-bond acceptors (Lipinski definition) is 5.